The Morgan fingerprint density at radius 2 is 1.83 bits per heavy atom. The third-order valence-electron chi connectivity index (χ3n) is 3.06. The van der Waals surface area contributed by atoms with Crippen LogP contribution >= 0.6 is 0 Å². The molecule has 0 atom stereocenters. The molecule has 0 unspecified atom stereocenters. The molecule has 1 fully saturated rings. The minimum atomic E-state index is 0.809. The van der Waals surface area contributed by atoms with E-state index < -0.39 is 0 Å². The van der Waals surface area contributed by atoms with E-state index in [9.17, 15) is 0 Å². The van der Waals surface area contributed by atoms with E-state index in [1.807, 2.05) is 6.08 Å². The summed E-state index contributed by atoms with van der Waals surface area (Å²) in [4.78, 5) is 0. The van der Waals surface area contributed by atoms with E-state index in [-0.39, 0.29) is 0 Å². The molecule has 1 aliphatic rings. The molecule has 0 heteroatoms. The molecule has 0 aromatic rings. The fraction of sp³-hybridized carbons (Fsp3) is 0.667. The highest BCUT2D eigenvalue weighted by molar-refractivity contribution is 5.19. The zero-order valence-electron chi connectivity index (χ0n) is 8.34. The Balaban J connectivity index is 2.48. The normalized spacial score (nSPS) is 31.7. The van der Waals surface area contributed by atoms with Gasteiger partial charge < -0.3 is 0 Å². The van der Waals surface area contributed by atoms with Gasteiger partial charge in [0.2, 0.25) is 0 Å². The highest BCUT2D eigenvalue weighted by Crippen LogP contribution is 2.33. The van der Waals surface area contributed by atoms with Crippen molar-refractivity contribution in [3.8, 4) is 0 Å². The third kappa shape index (κ3) is 2.23. The SMILES string of the molecule is C=C/C(=C\C)C1CCC(C)CC1. The second-order valence-electron chi connectivity index (χ2n) is 3.95. The standard InChI is InChI=1S/C12H20/c1-4-11(5-2)12-8-6-10(3)7-9-12/h4-5,10,12H,1,6-9H2,2-3H3/b11-5+. The number of hydrogen-bond acceptors (Lipinski definition) is 0. The summed E-state index contributed by atoms with van der Waals surface area (Å²) in [6.07, 6.45) is 9.78. The van der Waals surface area contributed by atoms with Gasteiger partial charge in [-0.25, -0.2) is 0 Å². The Morgan fingerprint density at radius 1 is 1.25 bits per heavy atom. The highest BCUT2D eigenvalue weighted by Gasteiger charge is 2.19. The summed E-state index contributed by atoms with van der Waals surface area (Å²) in [5, 5.41) is 0. The minimum absolute atomic E-state index is 0.809. The van der Waals surface area contributed by atoms with Crippen LogP contribution in [0.5, 0.6) is 0 Å². The summed E-state index contributed by atoms with van der Waals surface area (Å²) in [6, 6.07) is 0. The smallest absolute Gasteiger partial charge is 0.0165 e. The molecule has 0 aromatic carbocycles. The summed E-state index contributed by atoms with van der Waals surface area (Å²) >= 11 is 0. The topological polar surface area (TPSA) is 0 Å². The summed E-state index contributed by atoms with van der Waals surface area (Å²) in [5.74, 6) is 1.76. The van der Waals surface area contributed by atoms with Crippen LogP contribution in [0.1, 0.15) is 39.5 Å². The predicted molar refractivity (Wildman–Crippen MR) is 55.1 cm³/mol. The average molecular weight is 164 g/mol. The van der Waals surface area contributed by atoms with E-state index in [2.05, 4.69) is 26.5 Å². The van der Waals surface area contributed by atoms with Gasteiger partial charge in [-0.15, -0.1) is 0 Å². The summed E-state index contributed by atoms with van der Waals surface area (Å²) < 4.78 is 0. The van der Waals surface area contributed by atoms with E-state index in [4.69, 9.17) is 0 Å². The summed E-state index contributed by atoms with van der Waals surface area (Å²) in [7, 11) is 0. The molecule has 68 valence electrons. The number of hydrogen-bond donors (Lipinski definition) is 0. The summed E-state index contributed by atoms with van der Waals surface area (Å²) in [6.45, 7) is 8.34. The van der Waals surface area contributed by atoms with Crippen molar-refractivity contribution in [3.05, 3.63) is 24.3 Å². The Labute approximate surface area is 76.4 Å². The Kier molecular flexibility index (Phi) is 3.58. The van der Waals surface area contributed by atoms with Crippen molar-refractivity contribution in [3.63, 3.8) is 0 Å². The van der Waals surface area contributed by atoms with Gasteiger partial charge in [0.1, 0.15) is 0 Å². The summed E-state index contributed by atoms with van der Waals surface area (Å²) in [5.41, 5.74) is 1.46. The Bertz CT molecular complexity index is 168. The molecule has 12 heavy (non-hydrogen) atoms. The minimum Gasteiger partial charge on any atom is -0.0988 e. The van der Waals surface area contributed by atoms with Crippen LogP contribution in [0.4, 0.5) is 0 Å². The molecule has 0 aromatic heterocycles. The van der Waals surface area contributed by atoms with Gasteiger partial charge in [-0.2, -0.15) is 0 Å². The Morgan fingerprint density at radius 3 is 2.25 bits per heavy atom. The van der Waals surface area contributed by atoms with Crippen molar-refractivity contribution >= 4 is 0 Å². The molecule has 0 saturated heterocycles. The maximum Gasteiger partial charge on any atom is -0.0165 e. The first-order valence-electron chi connectivity index (χ1n) is 5.06. The van der Waals surface area contributed by atoms with E-state index >= 15 is 0 Å². The van der Waals surface area contributed by atoms with Crippen LogP contribution < -0.4 is 0 Å². The second kappa shape index (κ2) is 4.49. The number of rotatable bonds is 2. The zero-order chi connectivity index (χ0) is 8.97. The number of allylic oxidation sites excluding steroid dienone is 3. The van der Waals surface area contributed by atoms with E-state index in [0.29, 0.717) is 0 Å². The lowest BCUT2D eigenvalue weighted by molar-refractivity contribution is 0.323. The van der Waals surface area contributed by atoms with Crippen molar-refractivity contribution in [2.24, 2.45) is 11.8 Å². The van der Waals surface area contributed by atoms with Gasteiger partial charge in [-0.05, 0) is 37.2 Å². The quantitative estimate of drug-likeness (QED) is 0.542. The molecule has 0 nitrogen and oxygen atoms in total. The lowest BCUT2D eigenvalue weighted by Gasteiger charge is -2.26. The van der Waals surface area contributed by atoms with Crippen LogP contribution in [-0.2, 0) is 0 Å². The fourth-order valence-corrected chi connectivity index (χ4v) is 2.11. The van der Waals surface area contributed by atoms with Crippen LogP contribution in [0.15, 0.2) is 24.3 Å². The van der Waals surface area contributed by atoms with Crippen molar-refractivity contribution < 1.29 is 0 Å². The van der Waals surface area contributed by atoms with Crippen LogP contribution in [0.2, 0.25) is 0 Å². The molecule has 1 aliphatic carbocycles. The van der Waals surface area contributed by atoms with Gasteiger partial charge in [0, 0.05) is 0 Å². The monoisotopic (exact) mass is 164 g/mol. The highest BCUT2D eigenvalue weighted by atomic mass is 14.2. The van der Waals surface area contributed by atoms with Crippen LogP contribution in [0.3, 0.4) is 0 Å². The van der Waals surface area contributed by atoms with Crippen molar-refractivity contribution in [1.29, 1.82) is 0 Å². The van der Waals surface area contributed by atoms with Gasteiger partial charge >= 0.3 is 0 Å². The van der Waals surface area contributed by atoms with Gasteiger partial charge in [0.25, 0.3) is 0 Å². The van der Waals surface area contributed by atoms with Gasteiger partial charge in [-0.1, -0.05) is 38.5 Å². The molecule has 0 aliphatic heterocycles. The molecule has 0 N–H and O–H groups in total. The first-order chi connectivity index (χ1) is 5.77. The fourth-order valence-electron chi connectivity index (χ4n) is 2.11. The first-order valence-corrected chi connectivity index (χ1v) is 5.06. The molecule has 1 saturated carbocycles. The van der Waals surface area contributed by atoms with E-state index in [1.54, 1.807) is 0 Å². The molecule has 0 heterocycles. The predicted octanol–water partition coefficient (Wildman–Crippen LogP) is 3.95. The molecular formula is C12H20. The largest absolute Gasteiger partial charge is 0.0988 e. The lowest BCUT2D eigenvalue weighted by Crippen LogP contribution is -2.13. The average Bonchev–Trinajstić information content (AvgIpc) is 2.10. The first kappa shape index (κ1) is 9.57. The van der Waals surface area contributed by atoms with Crippen LogP contribution in [0, 0.1) is 11.8 Å². The van der Waals surface area contributed by atoms with Gasteiger partial charge in [-0.3, -0.25) is 0 Å². The maximum atomic E-state index is 3.86. The molecule has 1 rings (SSSR count). The van der Waals surface area contributed by atoms with Gasteiger partial charge in [0.15, 0.2) is 0 Å². The zero-order valence-corrected chi connectivity index (χ0v) is 8.34. The van der Waals surface area contributed by atoms with Crippen LogP contribution in [0.25, 0.3) is 0 Å². The van der Waals surface area contributed by atoms with E-state index in [1.165, 1.54) is 31.3 Å². The van der Waals surface area contributed by atoms with Gasteiger partial charge in [0.05, 0.1) is 0 Å². The molecule has 0 amide bonds. The third-order valence-corrected chi connectivity index (χ3v) is 3.06. The van der Waals surface area contributed by atoms with E-state index in [0.717, 1.165) is 11.8 Å². The molecule has 0 radical (unpaired) electrons. The Hall–Kier alpha value is -0.520. The van der Waals surface area contributed by atoms with Crippen LogP contribution in [-0.4, -0.2) is 0 Å². The maximum absolute atomic E-state index is 3.86. The van der Waals surface area contributed by atoms with Crippen molar-refractivity contribution in [1.82, 2.24) is 0 Å². The second-order valence-corrected chi connectivity index (χ2v) is 3.95. The van der Waals surface area contributed by atoms with Crippen molar-refractivity contribution in [2.45, 2.75) is 39.5 Å². The lowest BCUT2D eigenvalue weighted by atomic mass is 9.79. The van der Waals surface area contributed by atoms with Crippen molar-refractivity contribution in [2.75, 3.05) is 0 Å². The molecule has 0 spiro atoms. The molecule has 0 bridgehead atoms. The molecular weight excluding hydrogens is 144 g/mol.